The number of aliphatic hydroxyl groups is 1. The highest BCUT2D eigenvalue weighted by atomic mass is 19.1. The third kappa shape index (κ3) is 5.27. The molecular formula is C14H12F2O3. The Labute approximate surface area is 108 Å². The van der Waals surface area contributed by atoms with Crippen LogP contribution in [0.3, 0.4) is 0 Å². The molecule has 0 unspecified atom stereocenters. The van der Waals surface area contributed by atoms with E-state index in [1.54, 1.807) is 24.3 Å². The van der Waals surface area contributed by atoms with Gasteiger partial charge in [-0.05, 0) is 35.4 Å². The van der Waals surface area contributed by atoms with Crippen molar-refractivity contribution in [2.75, 3.05) is 6.61 Å². The smallest absolute Gasteiger partial charge is 0.329 e. The van der Waals surface area contributed by atoms with Crippen LogP contribution < -0.4 is 0 Å². The Kier molecular flexibility index (Phi) is 5.63. The molecule has 0 atom stereocenters. The van der Waals surface area contributed by atoms with Crippen molar-refractivity contribution in [2.45, 2.75) is 0 Å². The summed E-state index contributed by atoms with van der Waals surface area (Å²) in [5, 5.41) is 15.0. The molecule has 2 rings (SSSR count). The van der Waals surface area contributed by atoms with E-state index in [-0.39, 0.29) is 11.6 Å². The number of benzene rings is 2. The van der Waals surface area contributed by atoms with Crippen LogP contribution in [0.1, 0.15) is 0 Å². The number of carbonyl (C=O) groups is 1. The van der Waals surface area contributed by atoms with Crippen molar-refractivity contribution in [3.63, 3.8) is 0 Å². The van der Waals surface area contributed by atoms with Gasteiger partial charge in [-0.25, -0.2) is 13.6 Å². The van der Waals surface area contributed by atoms with Gasteiger partial charge in [-0.15, -0.1) is 0 Å². The van der Waals surface area contributed by atoms with Crippen LogP contribution in [0, 0.1) is 11.6 Å². The Balaban J connectivity index is 0.000000312. The second-order valence-corrected chi connectivity index (χ2v) is 3.57. The maximum absolute atomic E-state index is 12.6. The molecule has 0 amide bonds. The van der Waals surface area contributed by atoms with Crippen molar-refractivity contribution in [1.29, 1.82) is 0 Å². The van der Waals surface area contributed by atoms with Gasteiger partial charge in [0, 0.05) is 0 Å². The first-order valence-corrected chi connectivity index (χ1v) is 5.37. The second-order valence-electron chi connectivity index (χ2n) is 3.57. The number of carboxylic acid groups (broad SMARTS) is 1. The lowest BCUT2D eigenvalue weighted by molar-refractivity contribution is -0.140. The van der Waals surface area contributed by atoms with Crippen LogP contribution in [0.4, 0.5) is 8.78 Å². The predicted molar refractivity (Wildman–Crippen MR) is 66.5 cm³/mol. The van der Waals surface area contributed by atoms with Gasteiger partial charge in [0.15, 0.2) is 0 Å². The zero-order valence-electron chi connectivity index (χ0n) is 9.88. The van der Waals surface area contributed by atoms with Crippen molar-refractivity contribution in [3.05, 3.63) is 60.2 Å². The van der Waals surface area contributed by atoms with E-state index in [1.807, 2.05) is 0 Å². The third-order valence-corrected chi connectivity index (χ3v) is 2.16. The Morgan fingerprint density at radius 1 is 0.842 bits per heavy atom. The molecule has 0 heterocycles. The summed E-state index contributed by atoms with van der Waals surface area (Å²) in [6.45, 7) is -0.778. The minimum absolute atomic E-state index is 0.268. The average molecular weight is 266 g/mol. The van der Waals surface area contributed by atoms with Crippen molar-refractivity contribution >= 4 is 5.97 Å². The predicted octanol–water partition coefficient (Wildman–Crippen LogP) is 2.70. The minimum Gasteiger partial charge on any atom is -0.480 e. The Hall–Kier alpha value is -2.27. The summed E-state index contributed by atoms with van der Waals surface area (Å²) < 4.78 is 25.2. The van der Waals surface area contributed by atoms with E-state index < -0.39 is 12.6 Å². The number of halogens is 2. The Bertz CT molecular complexity index is 478. The standard InChI is InChI=1S/C12H8F2.C2H4O3/c13-11-5-1-9(2-6-11)10-3-7-12(14)8-4-10;3-1-2(4)5/h1-8H;3H,1H2,(H,4,5). The van der Waals surface area contributed by atoms with Crippen LogP contribution in [0.25, 0.3) is 11.1 Å². The lowest BCUT2D eigenvalue weighted by atomic mass is 10.1. The van der Waals surface area contributed by atoms with Crippen molar-refractivity contribution in [3.8, 4) is 11.1 Å². The largest absolute Gasteiger partial charge is 0.480 e. The van der Waals surface area contributed by atoms with E-state index in [4.69, 9.17) is 15.0 Å². The lowest BCUT2D eigenvalue weighted by Crippen LogP contribution is -1.98. The van der Waals surface area contributed by atoms with E-state index in [1.165, 1.54) is 24.3 Å². The molecule has 0 aromatic heterocycles. The summed E-state index contributed by atoms with van der Waals surface area (Å²) in [6, 6.07) is 12.2. The maximum Gasteiger partial charge on any atom is 0.329 e. The number of aliphatic hydroxyl groups excluding tert-OH is 1. The van der Waals surface area contributed by atoms with E-state index in [0.29, 0.717) is 0 Å². The first-order chi connectivity index (χ1) is 9.02. The maximum atomic E-state index is 12.6. The molecule has 0 bridgehead atoms. The third-order valence-electron chi connectivity index (χ3n) is 2.16. The highest BCUT2D eigenvalue weighted by Gasteiger charge is 1.97. The molecule has 100 valence electrons. The van der Waals surface area contributed by atoms with Gasteiger partial charge in [0.25, 0.3) is 0 Å². The van der Waals surface area contributed by atoms with Gasteiger partial charge in [0.05, 0.1) is 0 Å². The van der Waals surface area contributed by atoms with Gasteiger partial charge < -0.3 is 10.2 Å². The molecule has 2 aromatic carbocycles. The molecule has 19 heavy (non-hydrogen) atoms. The second kappa shape index (κ2) is 7.23. The van der Waals surface area contributed by atoms with Gasteiger partial charge in [0.1, 0.15) is 18.2 Å². The van der Waals surface area contributed by atoms with Gasteiger partial charge in [-0.2, -0.15) is 0 Å². The topological polar surface area (TPSA) is 57.5 Å². The Morgan fingerprint density at radius 3 is 1.32 bits per heavy atom. The normalized spacial score (nSPS) is 9.42. The zero-order chi connectivity index (χ0) is 14.3. The van der Waals surface area contributed by atoms with Gasteiger partial charge in [-0.1, -0.05) is 24.3 Å². The molecule has 2 aromatic rings. The molecule has 0 radical (unpaired) electrons. The summed E-state index contributed by atoms with van der Waals surface area (Å²) in [7, 11) is 0. The van der Waals surface area contributed by atoms with Gasteiger partial charge in [-0.3, -0.25) is 0 Å². The van der Waals surface area contributed by atoms with Crippen molar-refractivity contribution < 1.29 is 23.8 Å². The van der Waals surface area contributed by atoms with E-state index in [0.717, 1.165) is 11.1 Å². The first-order valence-electron chi connectivity index (χ1n) is 5.37. The number of hydrogen-bond acceptors (Lipinski definition) is 2. The zero-order valence-corrected chi connectivity index (χ0v) is 9.88. The van der Waals surface area contributed by atoms with E-state index in [9.17, 15) is 8.78 Å². The number of rotatable bonds is 2. The van der Waals surface area contributed by atoms with Crippen LogP contribution >= 0.6 is 0 Å². The average Bonchev–Trinajstić information content (AvgIpc) is 2.41. The molecule has 2 N–H and O–H groups in total. The van der Waals surface area contributed by atoms with Crippen LogP contribution in [0.2, 0.25) is 0 Å². The van der Waals surface area contributed by atoms with Crippen LogP contribution in [-0.2, 0) is 4.79 Å². The molecule has 0 aliphatic heterocycles. The quantitative estimate of drug-likeness (QED) is 0.878. The van der Waals surface area contributed by atoms with E-state index in [2.05, 4.69) is 0 Å². The summed E-state index contributed by atoms with van der Waals surface area (Å²) in [5.74, 6) is -1.73. The van der Waals surface area contributed by atoms with Gasteiger partial charge >= 0.3 is 5.97 Å². The number of hydrogen-bond donors (Lipinski definition) is 2. The van der Waals surface area contributed by atoms with Crippen LogP contribution in [-0.4, -0.2) is 22.8 Å². The molecule has 0 saturated carbocycles. The van der Waals surface area contributed by atoms with Crippen LogP contribution in [0.5, 0.6) is 0 Å². The first kappa shape index (κ1) is 14.8. The fourth-order valence-electron chi connectivity index (χ4n) is 1.28. The van der Waals surface area contributed by atoms with Crippen molar-refractivity contribution in [1.82, 2.24) is 0 Å². The molecule has 0 saturated heterocycles. The minimum atomic E-state index is -1.19. The van der Waals surface area contributed by atoms with E-state index >= 15 is 0 Å². The summed E-state index contributed by atoms with van der Waals surface area (Å²) in [4.78, 5) is 9.12. The fraction of sp³-hybridized carbons (Fsp3) is 0.0714. The molecule has 0 spiro atoms. The van der Waals surface area contributed by atoms with Crippen molar-refractivity contribution in [2.24, 2.45) is 0 Å². The van der Waals surface area contributed by atoms with Crippen LogP contribution in [0.15, 0.2) is 48.5 Å². The fourth-order valence-corrected chi connectivity index (χ4v) is 1.28. The molecular weight excluding hydrogens is 254 g/mol. The molecule has 0 aliphatic carbocycles. The molecule has 3 nitrogen and oxygen atoms in total. The van der Waals surface area contributed by atoms with Gasteiger partial charge in [0.2, 0.25) is 0 Å². The number of carboxylic acids is 1. The lowest BCUT2D eigenvalue weighted by Gasteiger charge is -2.00. The summed E-state index contributed by atoms with van der Waals surface area (Å²) >= 11 is 0. The molecule has 0 fully saturated rings. The molecule has 5 heteroatoms. The Morgan fingerprint density at radius 2 is 1.11 bits per heavy atom. The SMILES string of the molecule is Fc1ccc(-c2ccc(F)cc2)cc1.O=C(O)CO. The summed E-state index contributed by atoms with van der Waals surface area (Å²) in [5.41, 5.74) is 1.76. The highest BCUT2D eigenvalue weighted by molar-refractivity contribution is 5.67. The number of aliphatic carboxylic acids is 1. The monoisotopic (exact) mass is 266 g/mol. The summed E-state index contributed by atoms with van der Waals surface area (Å²) in [6.07, 6.45) is 0. The highest BCUT2D eigenvalue weighted by Crippen LogP contribution is 2.19. The molecule has 0 aliphatic rings.